The number of carbonyl (C=O) groups is 1. The average Bonchev–Trinajstić information content (AvgIpc) is 3.15. The standard InChI is InChI=1S/C23H16N2O3S/c26-22-20-13-19(5-1-3-16-4-2-11-24-14-16)29-21(20)10-12-25(22)15-17-6-8-18(9-7-17)23(27)28/h2,4,6-14H,3,15H2,(H,27,28). The molecule has 3 heterocycles. The maximum atomic E-state index is 12.8. The van der Waals surface area contributed by atoms with E-state index in [1.807, 2.05) is 24.3 Å². The molecule has 1 aromatic carbocycles. The molecule has 0 unspecified atom stereocenters. The van der Waals surface area contributed by atoms with Gasteiger partial charge < -0.3 is 9.67 Å². The number of benzene rings is 1. The summed E-state index contributed by atoms with van der Waals surface area (Å²) in [6.45, 7) is 0.381. The summed E-state index contributed by atoms with van der Waals surface area (Å²) in [6.07, 6.45) is 5.90. The fraction of sp³-hybridized carbons (Fsp3) is 0.0870. The molecule has 0 aliphatic heterocycles. The van der Waals surface area contributed by atoms with Gasteiger partial charge in [-0.2, -0.15) is 0 Å². The lowest BCUT2D eigenvalue weighted by atomic mass is 10.1. The molecule has 4 rings (SSSR count). The Labute approximate surface area is 170 Å². The largest absolute Gasteiger partial charge is 0.478 e. The summed E-state index contributed by atoms with van der Waals surface area (Å²) in [4.78, 5) is 28.7. The van der Waals surface area contributed by atoms with E-state index in [4.69, 9.17) is 5.11 Å². The van der Waals surface area contributed by atoms with E-state index in [1.165, 1.54) is 11.3 Å². The molecule has 4 aromatic rings. The molecule has 1 N–H and O–H groups in total. The highest BCUT2D eigenvalue weighted by Gasteiger charge is 2.08. The second-order valence-electron chi connectivity index (χ2n) is 6.48. The van der Waals surface area contributed by atoms with Crippen molar-refractivity contribution in [3.63, 3.8) is 0 Å². The third-order valence-corrected chi connectivity index (χ3v) is 5.45. The van der Waals surface area contributed by atoms with Crippen LogP contribution in [0.5, 0.6) is 0 Å². The third-order valence-electron chi connectivity index (χ3n) is 4.44. The first-order chi connectivity index (χ1) is 14.1. The summed E-state index contributed by atoms with van der Waals surface area (Å²) in [5.41, 5.74) is 2.06. The van der Waals surface area contributed by atoms with Crippen LogP contribution in [0.4, 0.5) is 0 Å². The summed E-state index contributed by atoms with van der Waals surface area (Å²) in [5.74, 6) is 5.30. The SMILES string of the molecule is O=C(O)c1ccc(Cn2ccc3sc(C#CCc4cccnc4)cc3c2=O)cc1. The number of aromatic carboxylic acids is 1. The van der Waals surface area contributed by atoms with Crippen LogP contribution in [0.25, 0.3) is 10.1 Å². The minimum Gasteiger partial charge on any atom is -0.478 e. The van der Waals surface area contributed by atoms with Gasteiger partial charge in [0.15, 0.2) is 0 Å². The number of fused-ring (bicyclic) bond motifs is 1. The molecule has 0 radical (unpaired) electrons. The summed E-state index contributed by atoms with van der Waals surface area (Å²) >= 11 is 1.50. The van der Waals surface area contributed by atoms with Crippen LogP contribution < -0.4 is 5.56 Å². The third kappa shape index (κ3) is 4.26. The molecular weight excluding hydrogens is 384 g/mol. The van der Waals surface area contributed by atoms with Gasteiger partial charge in [-0.15, -0.1) is 11.3 Å². The van der Waals surface area contributed by atoms with Gasteiger partial charge in [0.1, 0.15) is 0 Å². The van der Waals surface area contributed by atoms with E-state index in [0.717, 1.165) is 20.7 Å². The summed E-state index contributed by atoms with van der Waals surface area (Å²) in [5, 5.41) is 9.63. The van der Waals surface area contributed by atoms with Gasteiger partial charge in [-0.25, -0.2) is 4.79 Å². The number of thiophene rings is 1. The Kier molecular flexibility index (Phi) is 5.23. The monoisotopic (exact) mass is 400 g/mol. The van der Waals surface area contributed by atoms with Crippen molar-refractivity contribution in [1.29, 1.82) is 0 Å². The van der Waals surface area contributed by atoms with E-state index in [2.05, 4.69) is 16.8 Å². The molecule has 0 atom stereocenters. The molecule has 3 aromatic heterocycles. The van der Waals surface area contributed by atoms with Gasteiger partial charge in [0.25, 0.3) is 5.56 Å². The van der Waals surface area contributed by atoms with E-state index in [1.54, 1.807) is 47.4 Å². The van der Waals surface area contributed by atoms with Gasteiger partial charge in [-0.1, -0.05) is 30.0 Å². The number of hydrogen-bond acceptors (Lipinski definition) is 4. The van der Waals surface area contributed by atoms with Crippen molar-refractivity contribution in [2.45, 2.75) is 13.0 Å². The van der Waals surface area contributed by atoms with Crippen LogP contribution in [0.15, 0.2) is 71.9 Å². The van der Waals surface area contributed by atoms with Crippen LogP contribution in [-0.2, 0) is 13.0 Å². The lowest BCUT2D eigenvalue weighted by molar-refractivity contribution is 0.0697. The Hall–Kier alpha value is -3.69. The Balaban J connectivity index is 1.56. The molecule has 0 aliphatic rings. The van der Waals surface area contributed by atoms with Gasteiger partial charge >= 0.3 is 5.97 Å². The normalized spacial score (nSPS) is 10.5. The van der Waals surface area contributed by atoms with E-state index in [9.17, 15) is 9.59 Å². The van der Waals surface area contributed by atoms with Gasteiger partial charge in [0.05, 0.1) is 22.4 Å². The second kappa shape index (κ2) is 8.13. The molecule has 6 heteroatoms. The van der Waals surface area contributed by atoms with Crippen LogP contribution in [0.3, 0.4) is 0 Å². The molecule has 0 saturated heterocycles. The van der Waals surface area contributed by atoms with Crippen LogP contribution >= 0.6 is 11.3 Å². The molecule has 142 valence electrons. The number of nitrogens with zero attached hydrogens (tertiary/aromatic N) is 2. The maximum Gasteiger partial charge on any atom is 0.335 e. The highest BCUT2D eigenvalue weighted by Crippen LogP contribution is 2.22. The van der Waals surface area contributed by atoms with Crippen LogP contribution in [-0.4, -0.2) is 20.6 Å². The van der Waals surface area contributed by atoms with Crippen LogP contribution in [0, 0.1) is 11.8 Å². The first kappa shape index (κ1) is 18.7. The molecule has 0 amide bonds. The predicted octanol–water partition coefficient (Wildman–Crippen LogP) is 3.80. The lowest BCUT2D eigenvalue weighted by Crippen LogP contribution is -2.19. The molecule has 0 saturated carbocycles. The zero-order chi connectivity index (χ0) is 20.2. The second-order valence-corrected chi connectivity index (χ2v) is 7.56. The Morgan fingerprint density at radius 2 is 1.97 bits per heavy atom. The van der Waals surface area contributed by atoms with E-state index in [-0.39, 0.29) is 11.1 Å². The first-order valence-electron chi connectivity index (χ1n) is 8.93. The molecule has 0 spiro atoms. The molecule has 0 fully saturated rings. The van der Waals surface area contributed by atoms with Crippen LogP contribution in [0.1, 0.15) is 26.4 Å². The van der Waals surface area contributed by atoms with E-state index in [0.29, 0.717) is 18.4 Å². The number of hydrogen-bond donors (Lipinski definition) is 1. The number of carboxylic acids is 1. The first-order valence-corrected chi connectivity index (χ1v) is 9.75. The topological polar surface area (TPSA) is 72.2 Å². The molecule has 0 bridgehead atoms. The van der Waals surface area contributed by atoms with Crippen molar-refractivity contribution in [3.8, 4) is 11.8 Å². The smallest absolute Gasteiger partial charge is 0.335 e. The summed E-state index contributed by atoms with van der Waals surface area (Å²) in [6, 6.07) is 14.2. The number of pyridine rings is 2. The lowest BCUT2D eigenvalue weighted by Gasteiger charge is -2.06. The van der Waals surface area contributed by atoms with Gasteiger partial charge in [0.2, 0.25) is 0 Å². The van der Waals surface area contributed by atoms with Gasteiger partial charge in [-0.3, -0.25) is 9.78 Å². The Morgan fingerprint density at radius 1 is 1.14 bits per heavy atom. The predicted molar refractivity (Wildman–Crippen MR) is 113 cm³/mol. The average molecular weight is 400 g/mol. The number of aromatic nitrogens is 2. The summed E-state index contributed by atoms with van der Waals surface area (Å²) < 4.78 is 2.52. The van der Waals surface area contributed by atoms with Gasteiger partial charge in [0, 0.05) is 29.7 Å². The molecule has 5 nitrogen and oxygen atoms in total. The Bertz CT molecular complexity index is 1290. The van der Waals surface area contributed by atoms with Crippen molar-refractivity contribution in [3.05, 3.63) is 99.0 Å². The number of rotatable bonds is 4. The molecule has 29 heavy (non-hydrogen) atoms. The van der Waals surface area contributed by atoms with E-state index < -0.39 is 5.97 Å². The van der Waals surface area contributed by atoms with Crippen molar-refractivity contribution >= 4 is 27.4 Å². The van der Waals surface area contributed by atoms with Crippen LogP contribution in [0.2, 0.25) is 0 Å². The number of carboxylic acid groups (broad SMARTS) is 1. The van der Waals surface area contributed by atoms with Crippen molar-refractivity contribution in [2.75, 3.05) is 0 Å². The Morgan fingerprint density at radius 3 is 2.69 bits per heavy atom. The van der Waals surface area contributed by atoms with E-state index >= 15 is 0 Å². The highest BCUT2D eigenvalue weighted by molar-refractivity contribution is 7.19. The zero-order valence-corrected chi connectivity index (χ0v) is 16.1. The fourth-order valence-electron chi connectivity index (χ4n) is 2.95. The summed E-state index contributed by atoms with van der Waals surface area (Å²) in [7, 11) is 0. The highest BCUT2D eigenvalue weighted by atomic mass is 32.1. The van der Waals surface area contributed by atoms with Gasteiger partial charge in [-0.05, 0) is 41.5 Å². The maximum absolute atomic E-state index is 12.8. The minimum atomic E-state index is -0.967. The molecular formula is C23H16N2O3S. The van der Waals surface area contributed by atoms with Crippen molar-refractivity contribution in [1.82, 2.24) is 9.55 Å². The zero-order valence-electron chi connectivity index (χ0n) is 15.3. The minimum absolute atomic E-state index is 0.0821. The van der Waals surface area contributed by atoms with Crippen molar-refractivity contribution < 1.29 is 9.90 Å². The quantitative estimate of drug-likeness (QED) is 0.529. The van der Waals surface area contributed by atoms with Crippen molar-refractivity contribution in [2.24, 2.45) is 0 Å². The fourth-order valence-corrected chi connectivity index (χ4v) is 3.87. The molecule has 0 aliphatic carbocycles.